The summed E-state index contributed by atoms with van der Waals surface area (Å²) in [6, 6.07) is 7.92. The predicted molar refractivity (Wildman–Crippen MR) is 93.9 cm³/mol. The van der Waals surface area contributed by atoms with Crippen LogP contribution in [0.4, 0.5) is 0 Å². The Hall–Kier alpha value is -1.92. The number of carbonyl (C=O) groups is 1. The van der Waals surface area contributed by atoms with Crippen LogP contribution in [0.25, 0.3) is 9.88 Å². The third-order valence-electron chi connectivity index (χ3n) is 3.45. The van der Waals surface area contributed by atoms with Crippen molar-refractivity contribution in [3.63, 3.8) is 0 Å². The van der Waals surface area contributed by atoms with Crippen LogP contribution < -0.4 is 0 Å². The van der Waals surface area contributed by atoms with Crippen molar-refractivity contribution in [3.05, 3.63) is 52.2 Å². The zero-order valence-electron chi connectivity index (χ0n) is 13.3. The summed E-state index contributed by atoms with van der Waals surface area (Å²) < 4.78 is 5.61. The maximum atomic E-state index is 12.8. The molecule has 120 valence electrons. The van der Waals surface area contributed by atoms with Gasteiger partial charge in [-0.3, -0.25) is 4.79 Å². The Labute approximate surface area is 143 Å². The second-order valence-corrected chi connectivity index (χ2v) is 7.52. The summed E-state index contributed by atoms with van der Waals surface area (Å²) in [4.78, 5) is 20.8. The van der Waals surface area contributed by atoms with E-state index in [2.05, 4.69) is 4.98 Å². The molecule has 23 heavy (non-hydrogen) atoms. The molecule has 4 nitrogen and oxygen atoms in total. The van der Waals surface area contributed by atoms with Gasteiger partial charge in [0.1, 0.15) is 21.4 Å². The Bertz CT molecular complexity index is 787. The van der Waals surface area contributed by atoms with Crippen LogP contribution in [0.5, 0.6) is 0 Å². The zero-order valence-corrected chi connectivity index (χ0v) is 14.9. The van der Waals surface area contributed by atoms with E-state index in [-0.39, 0.29) is 11.9 Å². The van der Waals surface area contributed by atoms with Crippen LogP contribution in [0.15, 0.2) is 40.3 Å². The first-order valence-electron chi connectivity index (χ1n) is 7.40. The van der Waals surface area contributed by atoms with E-state index in [1.54, 1.807) is 17.5 Å². The van der Waals surface area contributed by atoms with Crippen LogP contribution in [0.3, 0.4) is 0 Å². The van der Waals surface area contributed by atoms with Crippen molar-refractivity contribution in [2.75, 3.05) is 0 Å². The lowest BCUT2D eigenvalue weighted by Crippen LogP contribution is -2.35. The molecule has 0 unspecified atom stereocenters. The van der Waals surface area contributed by atoms with Crippen molar-refractivity contribution in [2.24, 2.45) is 0 Å². The molecule has 6 heteroatoms. The molecule has 3 aromatic rings. The summed E-state index contributed by atoms with van der Waals surface area (Å²) in [5.41, 5.74) is 0. The molecule has 0 spiro atoms. The summed E-state index contributed by atoms with van der Waals surface area (Å²) in [5, 5.41) is 2.90. The maximum Gasteiger partial charge on any atom is 0.266 e. The Morgan fingerprint density at radius 3 is 2.78 bits per heavy atom. The van der Waals surface area contributed by atoms with Crippen LogP contribution in [-0.4, -0.2) is 21.8 Å². The molecule has 0 saturated heterocycles. The van der Waals surface area contributed by atoms with Gasteiger partial charge in [-0.15, -0.1) is 22.7 Å². The van der Waals surface area contributed by atoms with E-state index in [0.717, 1.165) is 21.4 Å². The fraction of sp³-hybridized carbons (Fsp3) is 0.294. The minimum absolute atomic E-state index is 0.00522. The van der Waals surface area contributed by atoms with E-state index in [4.69, 9.17) is 4.42 Å². The average Bonchev–Trinajstić information content (AvgIpc) is 3.24. The second-order valence-electron chi connectivity index (χ2n) is 5.55. The summed E-state index contributed by atoms with van der Waals surface area (Å²) in [5.74, 6) is 1.65. The van der Waals surface area contributed by atoms with Crippen molar-refractivity contribution < 1.29 is 9.21 Å². The monoisotopic (exact) mass is 346 g/mol. The van der Waals surface area contributed by atoms with E-state index in [1.807, 2.05) is 55.3 Å². The van der Waals surface area contributed by atoms with Gasteiger partial charge in [-0.25, -0.2) is 4.98 Å². The SMILES string of the molecule is Cc1ccc(CN(C(=O)c2cnc(-c3cccs3)s2)C(C)C)o1. The molecule has 0 radical (unpaired) electrons. The van der Waals surface area contributed by atoms with Gasteiger partial charge >= 0.3 is 0 Å². The first kappa shape index (κ1) is 16.0. The summed E-state index contributed by atoms with van der Waals surface area (Å²) in [7, 11) is 0. The molecule has 3 rings (SSSR count). The molecule has 3 heterocycles. The fourth-order valence-electron chi connectivity index (χ4n) is 2.26. The van der Waals surface area contributed by atoms with Crippen molar-refractivity contribution >= 4 is 28.6 Å². The number of carbonyl (C=O) groups excluding carboxylic acids is 1. The molecule has 3 aromatic heterocycles. The van der Waals surface area contributed by atoms with Gasteiger partial charge in [0.25, 0.3) is 5.91 Å². The molecule has 0 saturated carbocycles. The largest absolute Gasteiger partial charge is 0.464 e. The Morgan fingerprint density at radius 2 is 2.17 bits per heavy atom. The molecule has 0 bridgehead atoms. The third kappa shape index (κ3) is 3.54. The maximum absolute atomic E-state index is 12.8. The Kier molecular flexibility index (Phi) is 4.63. The van der Waals surface area contributed by atoms with E-state index >= 15 is 0 Å². The number of furan rings is 1. The number of amides is 1. The van der Waals surface area contributed by atoms with Gasteiger partial charge in [-0.2, -0.15) is 0 Å². The van der Waals surface area contributed by atoms with Crippen molar-refractivity contribution in [3.8, 4) is 9.88 Å². The highest BCUT2D eigenvalue weighted by atomic mass is 32.1. The highest BCUT2D eigenvalue weighted by Crippen LogP contribution is 2.30. The molecule has 0 atom stereocenters. The van der Waals surface area contributed by atoms with E-state index in [0.29, 0.717) is 11.4 Å². The molecule has 0 N–H and O–H groups in total. The van der Waals surface area contributed by atoms with Crippen LogP contribution >= 0.6 is 22.7 Å². The van der Waals surface area contributed by atoms with Crippen molar-refractivity contribution in [1.82, 2.24) is 9.88 Å². The quantitative estimate of drug-likeness (QED) is 0.665. The van der Waals surface area contributed by atoms with Crippen molar-refractivity contribution in [2.45, 2.75) is 33.4 Å². The second kappa shape index (κ2) is 6.68. The number of hydrogen-bond acceptors (Lipinski definition) is 5. The van der Waals surface area contributed by atoms with Gasteiger partial charge in [0.05, 0.1) is 17.6 Å². The first-order valence-corrected chi connectivity index (χ1v) is 9.10. The van der Waals surface area contributed by atoms with Gasteiger partial charge in [0.15, 0.2) is 0 Å². The molecule has 0 fully saturated rings. The molecule has 0 aliphatic heterocycles. The van der Waals surface area contributed by atoms with E-state index in [9.17, 15) is 4.79 Å². The molecular formula is C17H18N2O2S2. The molecule has 0 aliphatic rings. The number of rotatable bonds is 5. The number of nitrogens with zero attached hydrogens (tertiary/aromatic N) is 2. The summed E-state index contributed by atoms with van der Waals surface area (Å²) in [6.07, 6.45) is 1.67. The van der Waals surface area contributed by atoms with E-state index < -0.39 is 0 Å². The minimum Gasteiger partial charge on any atom is -0.464 e. The topological polar surface area (TPSA) is 46.3 Å². The zero-order chi connectivity index (χ0) is 16.4. The third-order valence-corrected chi connectivity index (χ3v) is 5.48. The van der Waals surface area contributed by atoms with Gasteiger partial charge in [0, 0.05) is 6.04 Å². The van der Waals surface area contributed by atoms with Crippen LogP contribution in [0, 0.1) is 6.92 Å². The van der Waals surface area contributed by atoms with Crippen molar-refractivity contribution in [1.29, 1.82) is 0 Å². The lowest BCUT2D eigenvalue weighted by Gasteiger charge is -2.25. The van der Waals surface area contributed by atoms with Gasteiger partial charge < -0.3 is 9.32 Å². The highest BCUT2D eigenvalue weighted by Gasteiger charge is 2.22. The molecular weight excluding hydrogens is 328 g/mol. The van der Waals surface area contributed by atoms with Crippen LogP contribution in [0.2, 0.25) is 0 Å². The number of thiophene rings is 1. The van der Waals surface area contributed by atoms with Gasteiger partial charge in [0.2, 0.25) is 0 Å². The highest BCUT2D eigenvalue weighted by molar-refractivity contribution is 7.21. The lowest BCUT2D eigenvalue weighted by atomic mass is 10.2. The van der Waals surface area contributed by atoms with E-state index in [1.165, 1.54) is 11.3 Å². The number of aryl methyl sites for hydroxylation is 1. The van der Waals surface area contributed by atoms with Gasteiger partial charge in [-0.05, 0) is 44.4 Å². The number of hydrogen-bond donors (Lipinski definition) is 0. The average molecular weight is 346 g/mol. The Balaban J connectivity index is 1.81. The number of aromatic nitrogens is 1. The van der Waals surface area contributed by atoms with Gasteiger partial charge in [-0.1, -0.05) is 6.07 Å². The standard InChI is InChI=1S/C17H18N2O2S2/c1-11(2)19(10-13-7-6-12(3)21-13)17(20)15-9-18-16(23-15)14-5-4-8-22-14/h4-9,11H,10H2,1-3H3. The smallest absolute Gasteiger partial charge is 0.266 e. The number of thiazole rings is 1. The molecule has 1 amide bonds. The summed E-state index contributed by atoms with van der Waals surface area (Å²) >= 11 is 3.07. The van der Waals surface area contributed by atoms with Crippen LogP contribution in [-0.2, 0) is 6.54 Å². The Morgan fingerprint density at radius 1 is 1.35 bits per heavy atom. The molecule has 0 aliphatic carbocycles. The molecule has 0 aromatic carbocycles. The summed E-state index contributed by atoms with van der Waals surface area (Å²) in [6.45, 7) is 6.39. The fourth-order valence-corrected chi connectivity index (χ4v) is 3.93. The predicted octanol–water partition coefficient (Wildman–Crippen LogP) is 4.82. The first-order chi connectivity index (χ1) is 11.0. The minimum atomic E-state index is -0.00522. The normalized spacial score (nSPS) is 11.1. The lowest BCUT2D eigenvalue weighted by molar-refractivity contribution is 0.0680. The van der Waals surface area contributed by atoms with Crippen LogP contribution in [0.1, 0.15) is 35.0 Å².